The molecule has 0 radical (unpaired) electrons. The summed E-state index contributed by atoms with van der Waals surface area (Å²) in [7, 11) is -3.81. The van der Waals surface area contributed by atoms with E-state index in [-0.39, 0.29) is 10.8 Å². The van der Waals surface area contributed by atoms with E-state index < -0.39 is 10.0 Å². The minimum Gasteiger partial charge on any atom is -0.359 e. The van der Waals surface area contributed by atoms with Crippen molar-refractivity contribution >= 4 is 26.8 Å². The second-order valence-electron chi connectivity index (χ2n) is 7.82. The number of amidine groups is 1. The lowest BCUT2D eigenvalue weighted by atomic mass is 9.95. The van der Waals surface area contributed by atoms with Crippen molar-refractivity contribution in [1.82, 2.24) is 9.88 Å². The molecule has 144 valence electrons. The molecule has 6 heteroatoms. The van der Waals surface area contributed by atoms with E-state index in [4.69, 9.17) is 0 Å². The summed E-state index contributed by atoms with van der Waals surface area (Å²) in [5.74, 6) is 1.50. The normalized spacial score (nSPS) is 24.5. The molecule has 2 aliphatic rings. The third-order valence-electron chi connectivity index (χ3n) is 5.96. The second-order valence-corrected chi connectivity index (χ2v) is 9.39. The van der Waals surface area contributed by atoms with Crippen LogP contribution in [0.15, 0.2) is 45.8 Å². The van der Waals surface area contributed by atoms with Crippen LogP contribution in [-0.2, 0) is 10.0 Å². The fourth-order valence-electron chi connectivity index (χ4n) is 4.47. The maximum atomic E-state index is 13.3. The van der Waals surface area contributed by atoms with E-state index in [1.807, 2.05) is 18.2 Å². The van der Waals surface area contributed by atoms with Crippen LogP contribution in [-0.4, -0.2) is 37.2 Å². The highest BCUT2D eigenvalue weighted by Gasteiger charge is 2.33. The first-order valence-corrected chi connectivity index (χ1v) is 11.4. The van der Waals surface area contributed by atoms with E-state index in [0.29, 0.717) is 11.4 Å². The van der Waals surface area contributed by atoms with Crippen LogP contribution in [0.1, 0.15) is 45.4 Å². The summed E-state index contributed by atoms with van der Waals surface area (Å²) in [4.78, 5) is 6.75. The van der Waals surface area contributed by atoms with Crippen molar-refractivity contribution in [2.45, 2.75) is 50.3 Å². The van der Waals surface area contributed by atoms with Crippen LogP contribution in [0.5, 0.6) is 0 Å². The van der Waals surface area contributed by atoms with E-state index in [1.165, 1.54) is 6.42 Å². The number of fused-ring (bicyclic) bond motifs is 1. The van der Waals surface area contributed by atoms with Gasteiger partial charge in [-0.15, -0.1) is 4.40 Å². The third kappa shape index (κ3) is 3.72. The molecule has 4 rings (SSSR count). The SMILES string of the molecule is CC1CCCC1/C(=N/S(=O)(=O)c1cccc2cccnc12)N1CCCCC1. The molecular formula is C21H27N3O2S. The molecule has 1 saturated carbocycles. The summed E-state index contributed by atoms with van der Waals surface area (Å²) in [6.45, 7) is 4.04. The van der Waals surface area contributed by atoms with Crippen LogP contribution >= 0.6 is 0 Å². The van der Waals surface area contributed by atoms with Gasteiger partial charge < -0.3 is 4.90 Å². The Labute approximate surface area is 161 Å². The zero-order valence-corrected chi connectivity index (χ0v) is 16.7. The zero-order chi connectivity index (χ0) is 18.9. The highest BCUT2D eigenvalue weighted by Crippen LogP contribution is 2.35. The van der Waals surface area contributed by atoms with Gasteiger partial charge in [-0.3, -0.25) is 4.98 Å². The Morgan fingerprint density at radius 1 is 1.07 bits per heavy atom. The average Bonchev–Trinajstić information content (AvgIpc) is 3.12. The fraction of sp³-hybridized carbons (Fsp3) is 0.524. The summed E-state index contributed by atoms with van der Waals surface area (Å²) >= 11 is 0. The molecule has 2 heterocycles. The molecule has 1 aliphatic carbocycles. The molecule has 1 aliphatic heterocycles. The first-order chi connectivity index (χ1) is 13.1. The predicted molar refractivity (Wildman–Crippen MR) is 108 cm³/mol. The number of hydrogen-bond donors (Lipinski definition) is 0. The first-order valence-electron chi connectivity index (χ1n) is 10.00. The molecule has 2 fully saturated rings. The van der Waals surface area contributed by atoms with Crippen molar-refractivity contribution in [3.05, 3.63) is 36.5 Å². The highest BCUT2D eigenvalue weighted by atomic mass is 32.2. The third-order valence-corrected chi connectivity index (χ3v) is 7.27. The van der Waals surface area contributed by atoms with Crippen LogP contribution in [0.4, 0.5) is 0 Å². The van der Waals surface area contributed by atoms with Crippen molar-refractivity contribution in [2.24, 2.45) is 16.2 Å². The van der Waals surface area contributed by atoms with Gasteiger partial charge in [0.1, 0.15) is 10.7 Å². The summed E-state index contributed by atoms with van der Waals surface area (Å²) in [5.41, 5.74) is 0.501. The lowest BCUT2D eigenvalue weighted by Crippen LogP contribution is -2.41. The standard InChI is InChI=1S/C21H27N3O2S/c1-16-8-5-11-18(16)21(24-14-3-2-4-15-24)23-27(25,26)19-12-6-9-17-10-7-13-22-20(17)19/h6-7,9-10,12-13,16,18H,2-5,8,11,14-15H2,1H3/b23-21-. The summed E-state index contributed by atoms with van der Waals surface area (Å²) in [5, 5.41) is 0.822. The van der Waals surface area contributed by atoms with E-state index in [0.717, 1.165) is 56.4 Å². The van der Waals surface area contributed by atoms with Crippen molar-refractivity contribution in [1.29, 1.82) is 0 Å². The number of para-hydroxylation sites is 1. The number of nitrogens with zero attached hydrogens (tertiary/aromatic N) is 3. The lowest BCUT2D eigenvalue weighted by Gasteiger charge is -2.33. The van der Waals surface area contributed by atoms with Crippen LogP contribution in [0.2, 0.25) is 0 Å². The van der Waals surface area contributed by atoms with Gasteiger partial charge in [0, 0.05) is 30.6 Å². The smallest absolute Gasteiger partial charge is 0.286 e. The molecule has 27 heavy (non-hydrogen) atoms. The molecule has 0 spiro atoms. The number of rotatable bonds is 3. The first kappa shape index (κ1) is 18.4. The Morgan fingerprint density at radius 3 is 2.59 bits per heavy atom. The molecule has 1 saturated heterocycles. The lowest BCUT2D eigenvalue weighted by molar-refractivity contribution is 0.317. The van der Waals surface area contributed by atoms with E-state index >= 15 is 0 Å². The van der Waals surface area contributed by atoms with Gasteiger partial charge in [-0.1, -0.05) is 31.5 Å². The number of hydrogen-bond acceptors (Lipinski definition) is 3. The average molecular weight is 386 g/mol. The summed E-state index contributed by atoms with van der Waals surface area (Å²) in [6.07, 6.45) is 8.38. The molecular weight excluding hydrogens is 358 g/mol. The maximum Gasteiger partial charge on any atom is 0.286 e. The topological polar surface area (TPSA) is 62.6 Å². The van der Waals surface area contributed by atoms with E-state index in [1.54, 1.807) is 18.3 Å². The molecule has 0 N–H and O–H groups in total. The largest absolute Gasteiger partial charge is 0.359 e. The molecule has 5 nitrogen and oxygen atoms in total. The number of aromatic nitrogens is 1. The van der Waals surface area contributed by atoms with Crippen LogP contribution in [0.3, 0.4) is 0 Å². The summed E-state index contributed by atoms with van der Waals surface area (Å²) in [6, 6.07) is 8.98. The number of sulfonamides is 1. The van der Waals surface area contributed by atoms with Gasteiger partial charge >= 0.3 is 0 Å². The van der Waals surface area contributed by atoms with Gasteiger partial charge in [0.2, 0.25) is 0 Å². The number of benzene rings is 1. The quantitative estimate of drug-likeness (QED) is 0.585. The summed E-state index contributed by atoms with van der Waals surface area (Å²) < 4.78 is 31.1. The van der Waals surface area contributed by atoms with Gasteiger partial charge in [-0.05, 0) is 50.2 Å². The highest BCUT2D eigenvalue weighted by molar-refractivity contribution is 7.90. The van der Waals surface area contributed by atoms with Crippen molar-refractivity contribution in [3.8, 4) is 0 Å². The molecule has 1 aromatic carbocycles. The Hall–Kier alpha value is -1.95. The van der Waals surface area contributed by atoms with E-state index in [2.05, 4.69) is 21.2 Å². The number of pyridine rings is 1. The minimum absolute atomic E-state index is 0.209. The minimum atomic E-state index is -3.81. The number of likely N-dealkylation sites (tertiary alicyclic amines) is 1. The molecule has 2 unspecified atom stereocenters. The maximum absolute atomic E-state index is 13.3. The van der Waals surface area contributed by atoms with Gasteiger partial charge in [-0.2, -0.15) is 8.42 Å². The van der Waals surface area contributed by atoms with Gasteiger partial charge in [0.05, 0.1) is 5.52 Å². The monoisotopic (exact) mass is 385 g/mol. The molecule has 2 atom stereocenters. The Balaban J connectivity index is 1.80. The van der Waals surface area contributed by atoms with E-state index in [9.17, 15) is 8.42 Å². The second kappa shape index (κ2) is 7.58. The van der Waals surface area contributed by atoms with Crippen molar-refractivity contribution < 1.29 is 8.42 Å². The van der Waals surface area contributed by atoms with Gasteiger partial charge in [0.15, 0.2) is 0 Å². The molecule has 2 aromatic rings. The van der Waals surface area contributed by atoms with Crippen molar-refractivity contribution in [3.63, 3.8) is 0 Å². The Bertz CT molecular complexity index is 944. The van der Waals surface area contributed by atoms with Gasteiger partial charge in [-0.25, -0.2) is 0 Å². The Morgan fingerprint density at radius 2 is 1.85 bits per heavy atom. The van der Waals surface area contributed by atoms with Gasteiger partial charge in [0.25, 0.3) is 10.0 Å². The number of piperidine rings is 1. The van der Waals surface area contributed by atoms with Crippen molar-refractivity contribution in [2.75, 3.05) is 13.1 Å². The van der Waals surface area contributed by atoms with Crippen LogP contribution < -0.4 is 0 Å². The Kier molecular flexibility index (Phi) is 5.17. The molecule has 0 amide bonds. The predicted octanol–water partition coefficient (Wildman–Crippen LogP) is 4.24. The molecule has 1 aromatic heterocycles. The molecule has 0 bridgehead atoms. The van der Waals surface area contributed by atoms with Crippen LogP contribution in [0, 0.1) is 11.8 Å². The van der Waals surface area contributed by atoms with Crippen LogP contribution in [0.25, 0.3) is 10.9 Å². The fourth-order valence-corrected chi connectivity index (χ4v) is 5.73. The zero-order valence-electron chi connectivity index (χ0n) is 15.8.